The Morgan fingerprint density at radius 3 is 2.32 bits per heavy atom. The number of amides is 1. The largest absolute Gasteiger partial charge is 0.497 e. The maximum absolute atomic E-state index is 13.2. The van der Waals surface area contributed by atoms with Gasteiger partial charge in [-0.3, -0.25) is 9.59 Å². The summed E-state index contributed by atoms with van der Waals surface area (Å²) in [6, 6.07) is 6.59. The number of nitrogens with one attached hydrogen (secondary N) is 3. The third-order valence-electron chi connectivity index (χ3n) is 5.38. The first-order valence-corrected chi connectivity index (χ1v) is 10.4. The van der Waals surface area contributed by atoms with Crippen molar-refractivity contribution in [2.45, 2.75) is 40.7 Å². The molecule has 3 N–H and O–H groups in total. The van der Waals surface area contributed by atoms with Gasteiger partial charge < -0.3 is 24.7 Å². The summed E-state index contributed by atoms with van der Waals surface area (Å²) in [7, 11) is 1.58. The summed E-state index contributed by atoms with van der Waals surface area (Å²) in [4.78, 5) is 41.8. The molecule has 31 heavy (non-hydrogen) atoms. The van der Waals surface area contributed by atoms with Gasteiger partial charge in [0.25, 0.3) is 5.91 Å². The second kappa shape index (κ2) is 10.8. The van der Waals surface area contributed by atoms with E-state index in [1.807, 2.05) is 6.92 Å². The van der Waals surface area contributed by atoms with Crippen LogP contribution in [0.25, 0.3) is 0 Å². The lowest BCUT2D eigenvalue weighted by molar-refractivity contribution is -0.903. The first kappa shape index (κ1) is 24.1. The van der Waals surface area contributed by atoms with Crippen LogP contribution in [0, 0.1) is 13.8 Å². The highest BCUT2D eigenvalue weighted by atomic mass is 16.5. The Kier molecular flexibility index (Phi) is 8.38. The number of quaternary nitrogens is 1. The fraction of sp³-hybridized carbons (Fsp3) is 0.435. The highest BCUT2D eigenvalue weighted by Crippen LogP contribution is 2.20. The van der Waals surface area contributed by atoms with E-state index in [-0.39, 0.29) is 24.8 Å². The normalized spacial score (nSPS) is 12.7. The zero-order chi connectivity index (χ0) is 23.1. The van der Waals surface area contributed by atoms with Crippen molar-refractivity contribution < 1.29 is 28.8 Å². The Morgan fingerprint density at radius 1 is 1.13 bits per heavy atom. The smallest absolute Gasteiger partial charge is 0.340 e. The van der Waals surface area contributed by atoms with Crippen molar-refractivity contribution in [3.05, 3.63) is 46.8 Å². The topological polar surface area (TPSA) is 102 Å². The molecule has 0 saturated carbocycles. The summed E-state index contributed by atoms with van der Waals surface area (Å²) < 4.78 is 10.2. The van der Waals surface area contributed by atoms with Crippen LogP contribution in [0.5, 0.6) is 5.75 Å². The molecule has 1 aromatic heterocycles. The molecule has 2 aromatic rings. The van der Waals surface area contributed by atoms with Crippen LogP contribution in [0.1, 0.15) is 52.9 Å². The first-order valence-electron chi connectivity index (χ1n) is 10.4. The summed E-state index contributed by atoms with van der Waals surface area (Å²) in [5, 5.41) is 2.85. The zero-order valence-corrected chi connectivity index (χ0v) is 19.0. The number of ketones is 1. The number of esters is 1. The van der Waals surface area contributed by atoms with Gasteiger partial charge in [-0.05, 0) is 64.4 Å². The van der Waals surface area contributed by atoms with Gasteiger partial charge in [0.05, 0.1) is 31.5 Å². The van der Waals surface area contributed by atoms with Crippen LogP contribution in [0.15, 0.2) is 24.3 Å². The lowest BCUT2D eigenvalue weighted by atomic mass is 10.0. The molecular formula is C23H32N3O5+. The van der Waals surface area contributed by atoms with Crippen molar-refractivity contribution in [2.75, 3.05) is 32.1 Å². The lowest BCUT2D eigenvalue weighted by Gasteiger charge is -2.23. The molecule has 2 rings (SSSR count). The van der Waals surface area contributed by atoms with E-state index >= 15 is 0 Å². The molecule has 0 bridgehead atoms. The van der Waals surface area contributed by atoms with Crippen molar-refractivity contribution in [1.82, 2.24) is 4.98 Å². The van der Waals surface area contributed by atoms with Crippen LogP contribution >= 0.6 is 0 Å². The molecular weight excluding hydrogens is 398 g/mol. The predicted molar refractivity (Wildman–Crippen MR) is 118 cm³/mol. The summed E-state index contributed by atoms with van der Waals surface area (Å²) in [5.74, 6) is -0.0747. The van der Waals surface area contributed by atoms with E-state index in [0.29, 0.717) is 40.5 Å². The Bertz CT molecular complexity index is 933. The number of aromatic amines is 1. The van der Waals surface area contributed by atoms with Crippen molar-refractivity contribution in [2.24, 2.45) is 0 Å². The second-order valence-corrected chi connectivity index (χ2v) is 7.40. The molecule has 0 aliphatic heterocycles. The summed E-state index contributed by atoms with van der Waals surface area (Å²) in [6.07, 6.45) is 0. The van der Waals surface area contributed by atoms with Gasteiger partial charge in [0, 0.05) is 11.4 Å². The molecule has 0 radical (unpaired) electrons. The Morgan fingerprint density at radius 2 is 1.77 bits per heavy atom. The van der Waals surface area contributed by atoms with E-state index in [9.17, 15) is 14.4 Å². The number of ether oxygens (including phenoxy) is 2. The van der Waals surface area contributed by atoms with Gasteiger partial charge in [0.1, 0.15) is 5.75 Å². The quantitative estimate of drug-likeness (QED) is 0.395. The molecule has 168 valence electrons. The number of rotatable bonds is 10. The number of benzene rings is 1. The molecule has 8 nitrogen and oxygen atoms in total. The van der Waals surface area contributed by atoms with E-state index in [4.69, 9.17) is 9.47 Å². The van der Waals surface area contributed by atoms with Crippen LogP contribution in [0.2, 0.25) is 0 Å². The third kappa shape index (κ3) is 5.73. The number of carbonyl (C=O) groups is 3. The highest BCUT2D eigenvalue weighted by molar-refractivity contribution is 6.03. The summed E-state index contributed by atoms with van der Waals surface area (Å²) >= 11 is 0. The fourth-order valence-corrected chi connectivity index (χ4v) is 3.58. The maximum Gasteiger partial charge on any atom is 0.340 e. The van der Waals surface area contributed by atoms with Gasteiger partial charge in [0.15, 0.2) is 12.6 Å². The minimum atomic E-state index is -0.474. The molecule has 1 aromatic carbocycles. The molecule has 1 amide bonds. The minimum absolute atomic E-state index is 0.138. The molecule has 1 heterocycles. The number of methoxy groups -OCH3 is 1. The van der Waals surface area contributed by atoms with Crippen molar-refractivity contribution in [1.29, 1.82) is 0 Å². The number of H-pyrrole nitrogens is 1. The number of aryl methyl sites for hydroxylation is 1. The minimum Gasteiger partial charge on any atom is -0.497 e. The van der Waals surface area contributed by atoms with E-state index in [1.165, 1.54) is 0 Å². The molecule has 1 unspecified atom stereocenters. The zero-order valence-electron chi connectivity index (χ0n) is 19.0. The lowest BCUT2D eigenvalue weighted by Crippen LogP contribution is -3.17. The Balaban J connectivity index is 2.11. The number of hydrogen-bond acceptors (Lipinski definition) is 5. The summed E-state index contributed by atoms with van der Waals surface area (Å²) in [5.41, 5.74) is 2.62. The third-order valence-corrected chi connectivity index (χ3v) is 5.38. The SMILES string of the molecule is CCOC(=O)c1c(C)[nH]c(C(=O)[C@H](C)[NH+](CC)CC(=O)Nc2ccc(OC)cc2)c1C. The predicted octanol–water partition coefficient (Wildman–Crippen LogP) is 1.93. The average molecular weight is 431 g/mol. The van der Waals surface area contributed by atoms with Gasteiger partial charge in [-0.15, -0.1) is 0 Å². The van der Waals surface area contributed by atoms with Crippen LogP contribution in [-0.2, 0) is 9.53 Å². The number of anilines is 1. The fourth-order valence-electron chi connectivity index (χ4n) is 3.58. The van der Waals surface area contributed by atoms with E-state index < -0.39 is 12.0 Å². The van der Waals surface area contributed by atoms with Crippen molar-refractivity contribution in [3.8, 4) is 5.75 Å². The van der Waals surface area contributed by atoms with Crippen molar-refractivity contribution in [3.63, 3.8) is 0 Å². The Hall–Kier alpha value is -3.13. The van der Waals surface area contributed by atoms with Gasteiger partial charge >= 0.3 is 5.97 Å². The molecule has 0 spiro atoms. The van der Waals surface area contributed by atoms with Gasteiger partial charge in [-0.2, -0.15) is 0 Å². The van der Waals surface area contributed by atoms with Gasteiger partial charge in [-0.25, -0.2) is 4.79 Å². The highest BCUT2D eigenvalue weighted by Gasteiger charge is 2.31. The summed E-state index contributed by atoms with van der Waals surface area (Å²) in [6.45, 7) is 9.93. The van der Waals surface area contributed by atoms with Crippen molar-refractivity contribution >= 4 is 23.3 Å². The number of carbonyl (C=O) groups excluding carboxylic acids is 3. The van der Waals surface area contributed by atoms with Gasteiger partial charge in [0.2, 0.25) is 5.78 Å². The first-order chi connectivity index (χ1) is 14.7. The standard InChI is InChI=1S/C23H31N3O5/c1-7-26(13-19(27)25-17-9-11-18(30-6)12-10-17)16(5)22(28)21-14(3)20(15(4)24-21)23(29)31-8-2/h9-12,16,24H,7-8,13H2,1-6H3,(H,25,27)/p+1/t16-/m0/s1. The van der Waals surface area contributed by atoms with Crippen LogP contribution in [-0.4, -0.2) is 55.5 Å². The van der Waals surface area contributed by atoms with Crippen LogP contribution in [0.4, 0.5) is 5.69 Å². The van der Waals surface area contributed by atoms with Crippen LogP contribution < -0.4 is 15.0 Å². The number of hydrogen-bond donors (Lipinski definition) is 3. The monoisotopic (exact) mass is 430 g/mol. The van der Waals surface area contributed by atoms with E-state index in [1.54, 1.807) is 59.1 Å². The number of aromatic nitrogens is 1. The van der Waals surface area contributed by atoms with Gasteiger partial charge in [-0.1, -0.05) is 0 Å². The molecule has 0 aliphatic carbocycles. The second-order valence-electron chi connectivity index (χ2n) is 7.40. The number of Topliss-reactive ketones (excluding diaryl/α,β-unsaturated/α-hetero) is 1. The van der Waals surface area contributed by atoms with E-state index in [0.717, 1.165) is 4.90 Å². The molecule has 0 aliphatic rings. The molecule has 2 atom stereocenters. The maximum atomic E-state index is 13.2. The molecule has 8 heteroatoms. The molecule has 0 saturated heterocycles. The van der Waals surface area contributed by atoms with Crippen LogP contribution in [0.3, 0.4) is 0 Å². The Labute approximate surface area is 182 Å². The average Bonchev–Trinajstić information content (AvgIpc) is 3.05. The molecule has 0 fully saturated rings. The van der Waals surface area contributed by atoms with E-state index in [2.05, 4.69) is 10.3 Å². The number of likely N-dealkylation sites (N-methyl/N-ethyl adjacent to an activating group) is 1.